The maximum atomic E-state index is 12.8. The maximum absolute atomic E-state index is 12.8. The van der Waals surface area contributed by atoms with Crippen LogP contribution in [0.25, 0.3) is 0 Å². The van der Waals surface area contributed by atoms with Gasteiger partial charge in [-0.3, -0.25) is 4.79 Å². The van der Waals surface area contributed by atoms with Crippen LogP contribution >= 0.6 is 11.6 Å². The molecule has 0 aromatic heterocycles. The normalized spacial score (nSPS) is 16.2. The van der Waals surface area contributed by atoms with Crippen molar-refractivity contribution in [3.63, 3.8) is 0 Å². The molecule has 0 unspecified atom stereocenters. The Morgan fingerprint density at radius 1 is 1.19 bits per heavy atom. The van der Waals surface area contributed by atoms with Crippen molar-refractivity contribution >= 4 is 23.2 Å². The first-order valence-corrected chi connectivity index (χ1v) is 9.99. The molecule has 3 rings (SSSR count). The Morgan fingerprint density at radius 2 is 1.85 bits per heavy atom. The molecule has 1 aliphatic heterocycles. The summed E-state index contributed by atoms with van der Waals surface area (Å²) in [7, 11) is 1.91. The SMILES string of the molecule is Cc1ccc(Cl)cc1N1CC[NH+](CC(=O)N(C)[C@@H](C)c2ccccc2)CC1. The fourth-order valence-electron chi connectivity index (χ4n) is 3.67. The van der Waals surface area contributed by atoms with Gasteiger partial charge >= 0.3 is 0 Å². The lowest BCUT2D eigenvalue weighted by Gasteiger charge is -2.35. The van der Waals surface area contributed by atoms with E-state index in [0.29, 0.717) is 6.54 Å². The summed E-state index contributed by atoms with van der Waals surface area (Å²) in [6.45, 7) is 8.58. The van der Waals surface area contributed by atoms with Gasteiger partial charge in [0, 0.05) is 17.8 Å². The number of nitrogens with one attached hydrogen (secondary N) is 1. The second kappa shape index (κ2) is 8.77. The summed E-state index contributed by atoms with van der Waals surface area (Å²) in [5.74, 6) is 0.203. The lowest BCUT2D eigenvalue weighted by molar-refractivity contribution is -0.892. The fourth-order valence-corrected chi connectivity index (χ4v) is 3.84. The van der Waals surface area contributed by atoms with Gasteiger partial charge in [0.2, 0.25) is 0 Å². The molecule has 2 aromatic carbocycles. The van der Waals surface area contributed by atoms with Crippen molar-refractivity contribution in [2.75, 3.05) is 44.7 Å². The van der Waals surface area contributed by atoms with Gasteiger partial charge in [0.1, 0.15) is 0 Å². The van der Waals surface area contributed by atoms with E-state index < -0.39 is 0 Å². The number of carbonyl (C=O) groups is 1. The topological polar surface area (TPSA) is 28.0 Å². The van der Waals surface area contributed by atoms with Gasteiger partial charge in [-0.05, 0) is 37.1 Å². The Bertz CT molecular complexity index is 772. The lowest BCUT2D eigenvalue weighted by atomic mass is 10.1. The molecule has 1 amide bonds. The minimum Gasteiger partial charge on any atom is -0.360 e. The van der Waals surface area contributed by atoms with Gasteiger partial charge in [0.15, 0.2) is 6.54 Å². The highest BCUT2D eigenvalue weighted by molar-refractivity contribution is 6.30. The molecule has 4 nitrogen and oxygen atoms in total. The molecule has 0 radical (unpaired) electrons. The molecule has 0 spiro atoms. The Balaban J connectivity index is 1.54. The number of likely N-dealkylation sites (N-methyl/N-ethyl adjacent to an activating group) is 1. The number of piperazine rings is 1. The Labute approximate surface area is 167 Å². The summed E-state index contributed by atoms with van der Waals surface area (Å²) in [5, 5.41) is 0.775. The number of carbonyl (C=O) groups excluding carboxylic acids is 1. The summed E-state index contributed by atoms with van der Waals surface area (Å²) in [4.78, 5) is 18.4. The van der Waals surface area contributed by atoms with E-state index in [4.69, 9.17) is 11.6 Å². The van der Waals surface area contributed by atoms with E-state index in [1.165, 1.54) is 21.7 Å². The van der Waals surface area contributed by atoms with E-state index in [9.17, 15) is 4.79 Å². The quantitative estimate of drug-likeness (QED) is 0.855. The zero-order chi connectivity index (χ0) is 19.4. The van der Waals surface area contributed by atoms with E-state index in [-0.39, 0.29) is 11.9 Å². The predicted molar refractivity (Wildman–Crippen MR) is 112 cm³/mol. The Morgan fingerprint density at radius 3 is 2.52 bits per heavy atom. The van der Waals surface area contributed by atoms with Crippen LogP contribution in [0.1, 0.15) is 24.1 Å². The van der Waals surface area contributed by atoms with Gasteiger partial charge < -0.3 is 14.7 Å². The highest BCUT2D eigenvalue weighted by Gasteiger charge is 2.26. The van der Waals surface area contributed by atoms with Crippen molar-refractivity contribution in [1.29, 1.82) is 0 Å². The molecule has 1 saturated heterocycles. The summed E-state index contributed by atoms with van der Waals surface area (Å²) in [6, 6.07) is 16.3. The molecule has 1 fully saturated rings. The van der Waals surface area contributed by atoms with E-state index >= 15 is 0 Å². The minimum absolute atomic E-state index is 0.0912. The predicted octanol–water partition coefficient (Wildman–Crippen LogP) is 2.57. The Hall–Kier alpha value is -2.04. The van der Waals surface area contributed by atoms with Gasteiger partial charge in [-0.2, -0.15) is 0 Å². The van der Waals surface area contributed by atoms with E-state index in [1.807, 2.05) is 42.3 Å². The third-order valence-electron chi connectivity index (χ3n) is 5.64. The number of halogens is 1. The molecule has 1 atom stereocenters. The summed E-state index contributed by atoms with van der Waals surface area (Å²) in [5.41, 5.74) is 3.63. The second-order valence-electron chi connectivity index (χ2n) is 7.44. The van der Waals surface area contributed by atoms with E-state index in [2.05, 4.69) is 36.9 Å². The van der Waals surface area contributed by atoms with Crippen LogP contribution < -0.4 is 9.80 Å². The monoisotopic (exact) mass is 386 g/mol. The number of hydrogen-bond acceptors (Lipinski definition) is 2. The molecule has 2 aromatic rings. The van der Waals surface area contributed by atoms with Gasteiger partial charge in [0.05, 0.1) is 32.2 Å². The number of rotatable bonds is 5. The second-order valence-corrected chi connectivity index (χ2v) is 7.87. The fraction of sp³-hybridized carbons (Fsp3) is 0.409. The average molecular weight is 387 g/mol. The zero-order valence-corrected chi connectivity index (χ0v) is 17.2. The summed E-state index contributed by atoms with van der Waals surface area (Å²) in [6.07, 6.45) is 0. The van der Waals surface area contributed by atoms with Crippen LogP contribution in [0.5, 0.6) is 0 Å². The van der Waals surface area contributed by atoms with Crippen LogP contribution in [0.3, 0.4) is 0 Å². The summed E-state index contributed by atoms with van der Waals surface area (Å²) < 4.78 is 0. The Kier molecular flexibility index (Phi) is 6.40. The molecule has 1 aliphatic rings. The molecule has 0 saturated carbocycles. The molecule has 5 heteroatoms. The van der Waals surface area contributed by atoms with Gasteiger partial charge in [-0.15, -0.1) is 0 Å². The van der Waals surface area contributed by atoms with E-state index in [1.54, 1.807) is 0 Å². The first kappa shape index (κ1) is 19.7. The largest absolute Gasteiger partial charge is 0.360 e. The van der Waals surface area contributed by atoms with Crippen molar-refractivity contribution in [3.8, 4) is 0 Å². The molecular formula is C22H29ClN3O+. The molecular weight excluding hydrogens is 358 g/mol. The number of nitrogens with zero attached hydrogens (tertiary/aromatic N) is 2. The molecule has 144 valence electrons. The van der Waals surface area contributed by atoms with Crippen molar-refractivity contribution < 1.29 is 9.69 Å². The van der Waals surface area contributed by atoms with Gasteiger partial charge in [-0.25, -0.2) is 0 Å². The molecule has 27 heavy (non-hydrogen) atoms. The van der Waals surface area contributed by atoms with Crippen LogP contribution in [-0.4, -0.2) is 50.6 Å². The van der Waals surface area contributed by atoms with Crippen LogP contribution in [0, 0.1) is 6.92 Å². The number of hydrogen-bond donors (Lipinski definition) is 1. The molecule has 0 bridgehead atoms. The van der Waals surface area contributed by atoms with Crippen LogP contribution in [0.4, 0.5) is 5.69 Å². The number of benzene rings is 2. The summed E-state index contributed by atoms with van der Waals surface area (Å²) >= 11 is 6.17. The highest BCUT2D eigenvalue weighted by atomic mass is 35.5. The first-order valence-electron chi connectivity index (χ1n) is 9.61. The molecule has 0 aliphatic carbocycles. The van der Waals surface area contributed by atoms with Crippen LogP contribution in [0.15, 0.2) is 48.5 Å². The number of amides is 1. The van der Waals surface area contributed by atoms with Gasteiger partial charge in [0.25, 0.3) is 5.91 Å². The van der Waals surface area contributed by atoms with E-state index in [0.717, 1.165) is 31.2 Å². The van der Waals surface area contributed by atoms with Crippen molar-refractivity contribution in [2.45, 2.75) is 19.9 Å². The molecule has 1 N–H and O–H groups in total. The smallest absolute Gasteiger partial charge is 0.278 e. The first-order chi connectivity index (χ1) is 13.0. The van der Waals surface area contributed by atoms with Gasteiger partial charge in [-0.1, -0.05) is 48.0 Å². The van der Waals surface area contributed by atoms with Crippen LogP contribution in [-0.2, 0) is 4.79 Å². The average Bonchev–Trinajstić information content (AvgIpc) is 2.70. The zero-order valence-electron chi connectivity index (χ0n) is 16.4. The standard InChI is InChI=1S/C22H28ClN3O/c1-17-9-10-20(23)15-21(17)26-13-11-25(12-14-26)16-22(27)24(3)18(2)19-7-5-4-6-8-19/h4-10,15,18H,11-14,16H2,1-3H3/p+1/t18-/m0/s1. The maximum Gasteiger partial charge on any atom is 0.278 e. The highest BCUT2D eigenvalue weighted by Crippen LogP contribution is 2.24. The lowest BCUT2D eigenvalue weighted by Crippen LogP contribution is -3.15. The number of quaternary nitrogens is 1. The minimum atomic E-state index is 0.0912. The van der Waals surface area contributed by atoms with Crippen molar-refractivity contribution in [1.82, 2.24) is 4.90 Å². The third kappa shape index (κ3) is 4.82. The third-order valence-corrected chi connectivity index (χ3v) is 5.88. The van der Waals surface area contributed by atoms with Crippen LogP contribution in [0.2, 0.25) is 5.02 Å². The van der Waals surface area contributed by atoms with Crippen molar-refractivity contribution in [3.05, 3.63) is 64.7 Å². The number of aryl methyl sites for hydroxylation is 1. The molecule has 1 heterocycles. The van der Waals surface area contributed by atoms with Crippen molar-refractivity contribution in [2.24, 2.45) is 0 Å². The number of anilines is 1.